The molecule has 2 heterocycles. The number of ether oxygens (including phenoxy) is 2. The second-order valence-corrected chi connectivity index (χ2v) is 5.85. The number of carboxylic acids is 1. The minimum atomic E-state index is -4.77. The normalized spacial score (nSPS) is 15.7. The number of carboxylic acid groups (broad SMARTS) is 1. The number of hydrogen-bond acceptors (Lipinski definition) is 7. The first-order chi connectivity index (χ1) is 14.2. The van der Waals surface area contributed by atoms with E-state index in [1.807, 2.05) is 0 Å². The molecule has 30 heavy (non-hydrogen) atoms. The highest BCUT2D eigenvalue weighted by Gasteiger charge is 2.31. The number of benzene rings is 1. The van der Waals surface area contributed by atoms with Gasteiger partial charge >= 0.3 is 12.3 Å². The lowest BCUT2D eigenvalue weighted by molar-refractivity contribution is -0.274. The summed E-state index contributed by atoms with van der Waals surface area (Å²) < 4.78 is 45.9. The molecule has 1 aromatic heterocycles. The second kappa shape index (κ2) is 8.69. The maximum Gasteiger partial charge on any atom is 0.573 e. The Morgan fingerprint density at radius 3 is 2.47 bits per heavy atom. The van der Waals surface area contributed by atoms with Crippen LogP contribution in [0.4, 0.5) is 13.2 Å². The number of carbonyl (C=O) groups excluding carboxylic acids is 1. The number of hydroxylamine groups is 1. The lowest BCUT2D eigenvalue weighted by Gasteiger charge is -2.11. The van der Waals surface area contributed by atoms with Crippen molar-refractivity contribution in [1.29, 1.82) is 0 Å². The summed E-state index contributed by atoms with van der Waals surface area (Å²) in [7, 11) is 0. The summed E-state index contributed by atoms with van der Waals surface area (Å²) in [5.41, 5.74) is 3.09. The van der Waals surface area contributed by atoms with Crippen LogP contribution in [0.3, 0.4) is 0 Å². The van der Waals surface area contributed by atoms with Gasteiger partial charge in [0.15, 0.2) is 0 Å². The highest BCUT2D eigenvalue weighted by Crippen LogP contribution is 2.28. The van der Waals surface area contributed by atoms with Gasteiger partial charge in [0.05, 0.1) is 6.20 Å². The van der Waals surface area contributed by atoms with Crippen LogP contribution in [0, 0.1) is 0 Å². The summed E-state index contributed by atoms with van der Waals surface area (Å²) in [4.78, 5) is 31.4. The van der Waals surface area contributed by atoms with E-state index < -0.39 is 30.9 Å². The number of nitrogens with one attached hydrogen (secondary N) is 2. The van der Waals surface area contributed by atoms with E-state index >= 15 is 0 Å². The number of hydrogen-bond donors (Lipinski definition) is 3. The summed E-state index contributed by atoms with van der Waals surface area (Å²) in [5.74, 6) is -1.71. The van der Waals surface area contributed by atoms with Crippen LogP contribution in [0.1, 0.15) is 22.2 Å². The van der Waals surface area contributed by atoms with Crippen molar-refractivity contribution < 1.29 is 42.2 Å². The average Bonchev–Trinajstić information content (AvgIpc) is 3.14. The molecule has 1 atom stereocenters. The molecule has 3 N–H and O–H groups in total. The fourth-order valence-corrected chi connectivity index (χ4v) is 2.35. The third kappa shape index (κ3) is 5.85. The molecule has 1 aliphatic rings. The van der Waals surface area contributed by atoms with Crippen molar-refractivity contribution in [2.45, 2.75) is 12.5 Å². The fourth-order valence-electron chi connectivity index (χ4n) is 2.35. The second-order valence-electron chi connectivity index (χ2n) is 5.85. The van der Waals surface area contributed by atoms with Gasteiger partial charge in [-0.25, -0.2) is 10.5 Å². The van der Waals surface area contributed by atoms with Gasteiger partial charge in [0.2, 0.25) is 5.88 Å². The summed E-state index contributed by atoms with van der Waals surface area (Å²) in [6.07, 6.45) is -2.58. The molecule has 1 amide bonds. The highest BCUT2D eigenvalue weighted by atomic mass is 19.4. The van der Waals surface area contributed by atoms with Crippen LogP contribution < -0.4 is 20.3 Å². The van der Waals surface area contributed by atoms with Crippen LogP contribution in [0.5, 0.6) is 11.5 Å². The fraction of sp³-hybridized carbons (Fsp3) is 0.167. The van der Waals surface area contributed by atoms with E-state index in [2.05, 4.69) is 20.5 Å². The number of alkyl halides is 3. The van der Waals surface area contributed by atoms with Crippen molar-refractivity contribution in [3.8, 4) is 11.5 Å². The first-order valence-electron chi connectivity index (χ1n) is 8.33. The Kier molecular flexibility index (Phi) is 6.06. The SMILES string of the molecule is O=C(O)CNC(=O)c1ccc(OC2=CC(c3ccc(OC(F)(F)F)cc3)ON2)cn1. The number of aliphatic carboxylic acids is 1. The molecule has 0 saturated heterocycles. The molecule has 12 heteroatoms. The molecule has 2 aromatic rings. The van der Waals surface area contributed by atoms with Crippen LogP contribution >= 0.6 is 0 Å². The predicted octanol–water partition coefficient (Wildman–Crippen LogP) is 2.29. The van der Waals surface area contributed by atoms with Gasteiger partial charge in [-0.05, 0) is 29.8 Å². The molecule has 0 saturated carbocycles. The van der Waals surface area contributed by atoms with E-state index in [4.69, 9.17) is 14.7 Å². The van der Waals surface area contributed by atoms with Gasteiger partial charge in [0.1, 0.15) is 29.8 Å². The lowest BCUT2D eigenvalue weighted by atomic mass is 10.1. The molecule has 9 nitrogen and oxygen atoms in total. The van der Waals surface area contributed by atoms with Crippen molar-refractivity contribution >= 4 is 11.9 Å². The topological polar surface area (TPSA) is 119 Å². The third-order valence-corrected chi connectivity index (χ3v) is 3.63. The first kappa shape index (κ1) is 20.9. The van der Waals surface area contributed by atoms with Crippen LogP contribution in [0.2, 0.25) is 0 Å². The summed E-state index contributed by atoms with van der Waals surface area (Å²) >= 11 is 0. The minimum Gasteiger partial charge on any atom is -0.480 e. The quantitative estimate of drug-likeness (QED) is 0.618. The Balaban J connectivity index is 1.58. The van der Waals surface area contributed by atoms with E-state index in [1.54, 1.807) is 6.08 Å². The molecule has 0 radical (unpaired) electrons. The van der Waals surface area contributed by atoms with E-state index in [0.717, 1.165) is 12.1 Å². The molecule has 0 fully saturated rings. The predicted molar refractivity (Wildman–Crippen MR) is 93.0 cm³/mol. The standard InChI is InChI=1S/C18H14F3N3O6/c19-18(20,21)29-11-3-1-10(2-4-11)14-7-15(24-30-14)28-12-5-6-13(22-8-12)17(27)23-9-16(25)26/h1-8,14,24H,9H2,(H,23,27)(H,25,26). The van der Waals surface area contributed by atoms with Gasteiger partial charge in [0, 0.05) is 6.08 Å². The number of carbonyl (C=O) groups is 2. The van der Waals surface area contributed by atoms with Crippen LogP contribution in [-0.4, -0.2) is 34.9 Å². The third-order valence-electron chi connectivity index (χ3n) is 3.63. The van der Waals surface area contributed by atoms with Crippen molar-refractivity contribution in [2.75, 3.05) is 6.54 Å². The number of aromatic nitrogens is 1. The zero-order valence-corrected chi connectivity index (χ0v) is 15.0. The Hall–Kier alpha value is -3.80. The summed E-state index contributed by atoms with van der Waals surface area (Å²) in [6, 6.07) is 7.95. The van der Waals surface area contributed by atoms with Gasteiger partial charge in [0.25, 0.3) is 5.91 Å². The molecule has 1 aliphatic heterocycles. The zero-order valence-electron chi connectivity index (χ0n) is 15.0. The van der Waals surface area contributed by atoms with Gasteiger partial charge in [-0.3, -0.25) is 14.4 Å². The van der Waals surface area contributed by atoms with E-state index in [9.17, 15) is 22.8 Å². The Bertz CT molecular complexity index is 945. The largest absolute Gasteiger partial charge is 0.573 e. The van der Waals surface area contributed by atoms with E-state index in [1.165, 1.54) is 30.5 Å². The number of pyridine rings is 1. The summed E-state index contributed by atoms with van der Waals surface area (Å²) in [5, 5.41) is 10.7. The average molecular weight is 425 g/mol. The Morgan fingerprint density at radius 1 is 1.17 bits per heavy atom. The highest BCUT2D eigenvalue weighted by molar-refractivity contribution is 5.94. The van der Waals surface area contributed by atoms with Crippen LogP contribution in [0.15, 0.2) is 54.6 Å². The minimum absolute atomic E-state index is 0.00672. The zero-order chi connectivity index (χ0) is 21.7. The number of amides is 1. The first-order valence-corrected chi connectivity index (χ1v) is 8.33. The lowest BCUT2D eigenvalue weighted by Crippen LogP contribution is -2.29. The molecule has 0 bridgehead atoms. The van der Waals surface area contributed by atoms with E-state index in [0.29, 0.717) is 5.56 Å². The number of halogens is 3. The molecule has 0 aliphatic carbocycles. The number of rotatable bonds is 7. The van der Waals surface area contributed by atoms with E-state index in [-0.39, 0.29) is 23.1 Å². The van der Waals surface area contributed by atoms with Crippen molar-refractivity contribution in [1.82, 2.24) is 15.8 Å². The Labute approximate surface area is 167 Å². The molecule has 1 aromatic carbocycles. The Morgan fingerprint density at radius 2 is 1.87 bits per heavy atom. The van der Waals surface area contributed by atoms with Crippen molar-refractivity contribution in [2.24, 2.45) is 0 Å². The van der Waals surface area contributed by atoms with Crippen LogP contribution in [0.25, 0.3) is 0 Å². The molecule has 0 spiro atoms. The van der Waals surface area contributed by atoms with Crippen molar-refractivity contribution in [3.05, 3.63) is 65.8 Å². The molecule has 158 valence electrons. The van der Waals surface area contributed by atoms with Gasteiger partial charge in [-0.15, -0.1) is 13.2 Å². The maximum atomic E-state index is 12.2. The monoisotopic (exact) mass is 425 g/mol. The molecule has 1 unspecified atom stereocenters. The van der Waals surface area contributed by atoms with Crippen LogP contribution in [-0.2, 0) is 9.63 Å². The molecule has 3 rings (SSSR count). The molecular formula is C18H14F3N3O6. The molecular weight excluding hydrogens is 411 g/mol. The smallest absolute Gasteiger partial charge is 0.480 e. The van der Waals surface area contributed by atoms with Gasteiger partial charge in [-0.2, -0.15) is 0 Å². The maximum absolute atomic E-state index is 12.2. The number of nitrogens with zero attached hydrogens (tertiary/aromatic N) is 1. The van der Waals surface area contributed by atoms with Gasteiger partial charge < -0.3 is 19.9 Å². The van der Waals surface area contributed by atoms with Crippen molar-refractivity contribution in [3.63, 3.8) is 0 Å². The van der Waals surface area contributed by atoms with Gasteiger partial charge in [-0.1, -0.05) is 12.1 Å². The summed E-state index contributed by atoms with van der Waals surface area (Å²) in [6.45, 7) is -0.530.